The summed E-state index contributed by atoms with van der Waals surface area (Å²) in [6, 6.07) is 5.06. The van der Waals surface area contributed by atoms with E-state index >= 15 is 0 Å². The summed E-state index contributed by atoms with van der Waals surface area (Å²) in [5, 5.41) is 14.7. The zero-order valence-corrected chi connectivity index (χ0v) is 21.9. The normalized spacial score (nSPS) is 19.4. The number of hydrogen-bond donors (Lipinski definition) is 1. The van der Waals surface area contributed by atoms with Crippen molar-refractivity contribution in [1.29, 1.82) is 0 Å². The first-order valence-electron chi connectivity index (χ1n) is 12.2. The van der Waals surface area contributed by atoms with Crippen molar-refractivity contribution in [1.82, 2.24) is 24.6 Å². The zero-order chi connectivity index (χ0) is 30.3. The van der Waals surface area contributed by atoms with Gasteiger partial charge in [-0.25, -0.2) is 9.18 Å². The molecular formula is C24H22ClF7N6O3. The van der Waals surface area contributed by atoms with Gasteiger partial charge in [-0.05, 0) is 30.5 Å². The lowest BCUT2D eigenvalue weighted by atomic mass is 9.85. The van der Waals surface area contributed by atoms with Gasteiger partial charge in [-0.1, -0.05) is 18.5 Å². The molecule has 2 aliphatic rings. The van der Waals surface area contributed by atoms with Crippen LogP contribution in [0.25, 0.3) is 10.9 Å². The first-order valence-corrected chi connectivity index (χ1v) is 12.5. The van der Waals surface area contributed by atoms with E-state index in [1.165, 1.54) is 12.3 Å². The molecular weight excluding hydrogens is 589 g/mol. The summed E-state index contributed by atoms with van der Waals surface area (Å²) in [4.78, 5) is 30.0. The fourth-order valence-electron chi connectivity index (χ4n) is 4.94. The Labute approximate surface area is 232 Å². The average Bonchev–Trinajstić information content (AvgIpc) is 3.34. The Balaban J connectivity index is 0.000000493. The third kappa shape index (κ3) is 6.31. The number of fused-ring (bicyclic) bond motifs is 2. The van der Waals surface area contributed by atoms with E-state index in [1.54, 1.807) is 11.0 Å². The van der Waals surface area contributed by atoms with Gasteiger partial charge in [-0.2, -0.15) is 26.3 Å². The van der Waals surface area contributed by atoms with Gasteiger partial charge in [-0.3, -0.25) is 9.78 Å². The number of alkyl halides is 6. The summed E-state index contributed by atoms with van der Waals surface area (Å²) in [7, 11) is 0. The number of rotatable bonds is 2. The molecule has 0 saturated carbocycles. The molecule has 2 atom stereocenters. The van der Waals surface area contributed by atoms with Crippen molar-refractivity contribution in [3.05, 3.63) is 46.9 Å². The van der Waals surface area contributed by atoms with Crippen LogP contribution in [0, 0.1) is 17.7 Å². The van der Waals surface area contributed by atoms with Crippen molar-refractivity contribution < 1.29 is 45.4 Å². The first-order chi connectivity index (χ1) is 19.1. The van der Waals surface area contributed by atoms with E-state index in [1.807, 2.05) is 13.0 Å². The largest absolute Gasteiger partial charge is 0.490 e. The quantitative estimate of drug-likeness (QED) is 0.417. The van der Waals surface area contributed by atoms with Crippen LogP contribution in [0.2, 0.25) is 5.02 Å². The molecule has 0 aliphatic carbocycles. The molecule has 222 valence electrons. The summed E-state index contributed by atoms with van der Waals surface area (Å²) in [5.74, 6) is -4.59. The van der Waals surface area contributed by atoms with Gasteiger partial charge in [0.15, 0.2) is 11.6 Å². The van der Waals surface area contributed by atoms with Gasteiger partial charge in [0.05, 0.1) is 11.6 Å². The van der Waals surface area contributed by atoms with Crippen LogP contribution in [-0.4, -0.2) is 67.4 Å². The van der Waals surface area contributed by atoms with Crippen molar-refractivity contribution >= 4 is 40.1 Å². The molecule has 5 rings (SSSR count). The van der Waals surface area contributed by atoms with Crippen LogP contribution in [-0.2, 0) is 28.9 Å². The standard InChI is InChI=1S/C22H21ClF4N6O.C2HF3O2/c1-12-10-31(16-4-6-28-19-14(16)2-3-15(23)18(19)24)7-5-13(12)20(34)32-8-9-33-17(11-32)29-30-21(33)22(25,26)27;3-2(4,5)1(6)7/h2-4,6,12-13H,5,7-11H2,1H3;(H,6,7)/t12-,13+;/m1./s1. The van der Waals surface area contributed by atoms with Crippen molar-refractivity contribution in [2.45, 2.75) is 38.8 Å². The fraction of sp³-hybridized carbons (Fsp3) is 0.458. The number of carboxylic acids is 1. The third-order valence-electron chi connectivity index (χ3n) is 6.91. The van der Waals surface area contributed by atoms with E-state index in [2.05, 4.69) is 20.1 Å². The molecule has 0 radical (unpaired) electrons. The maximum Gasteiger partial charge on any atom is 0.490 e. The van der Waals surface area contributed by atoms with Crippen LogP contribution in [0.1, 0.15) is 25.0 Å². The molecule has 3 aromatic rings. The lowest BCUT2D eigenvalue weighted by Gasteiger charge is -2.40. The number of amides is 1. The Morgan fingerprint density at radius 3 is 2.34 bits per heavy atom. The summed E-state index contributed by atoms with van der Waals surface area (Å²) < 4.78 is 86.5. The summed E-state index contributed by atoms with van der Waals surface area (Å²) in [5.41, 5.74) is 1.02. The molecule has 1 aromatic carbocycles. The number of carboxylic acid groups (broad SMARTS) is 1. The van der Waals surface area contributed by atoms with Gasteiger partial charge >= 0.3 is 18.3 Å². The molecule has 4 heterocycles. The van der Waals surface area contributed by atoms with E-state index in [0.29, 0.717) is 24.9 Å². The Kier molecular flexibility index (Phi) is 8.34. The second kappa shape index (κ2) is 11.3. The van der Waals surface area contributed by atoms with E-state index in [4.69, 9.17) is 21.5 Å². The van der Waals surface area contributed by atoms with Gasteiger partial charge in [-0.15, -0.1) is 10.2 Å². The zero-order valence-electron chi connectivity index (χ0n) is 21.2. The number of aliphatic carboxylic acids is 1. The van der Waals surface area contributed by atoms with Crippen molar-refractivity contribution in [2.75, 3.05) is 24.5 Å². The number of pyridine rings is 1. The Hall–Kier alpha value is -3.69. The van der Waals surface area contributed by atoms with Crippen LogP contribution in [0.3, 0.4) is 0 Å². The topological polar surface area (TPSA) is 104 Å². The molecule has 1 saturated heterocycles. The predicted molar refractivity (Wildman–Crippen MR) is 130 cm³/mol. The van der Waals surface area contributed by atoms with Gasteiger partial charge in [0, 0.05) is 49.4 Å². The number of benzene rings is 1. The number of piperidine rings is 1. The summed E-state index contributed by atoms with van der Waals surface area (Å²) >= 11 is 5.90. The maximum absolute atomic E-state index is 14.4. The van der Waals surface area contributed by atoms with Gasteiger partial charge in [0.25, 0.3) is 0 Å². The van der Waals surface area contributed by atoms with E-state index in [9.17, 15) is 35.5 Å². The molecule has 2 aliphatic heterocycles. The van der Waals surface area contributed by atoms with Gasteiger partial charge in [0.2, 0.25) is 11.7 Å². The SMILES string of the molecule is C[C@@H]1CN(c2ccnc3c(F)c(Cl)ccc23)CC[C@@H]1C(=O)N1CCn2c(nnc2C(F)(F)F)C1.O=C(O)C(F)(F)F. The summed E-state index contributed by atoms with van der Waals surface area (Å²) in [6.45, 7) is 3.31. The molecule has 0 unspecified atom stereocenters. The van der Waals surface area contributed by atoms with E-state index < -0.39 is 30.0 Å². The molecule has 1 fully saturated rings. The molecule has 1 amide bonds. The number of hydrogen-bond acceptors (Lipinski definition) is 6. The van der Waals surface area contributed by atoms with Crippen LogP contribution >= 0.6 is 11.6 Å². The molecule has 2 aromatic heterocycles. The molecule has 1 N–H and O–H groups in total. The van der Waals surface area contributed by atoms with Crippen LogP contribution in [0.5, 0.6) is 0 Å². The monoisotopic (exact) mass is 610 g/mol. The number of halogens is 8. The number of anilines is 1. The minimum Gasteiger partial charge on any atom is -0.475 e. The molecule has 0 bridgehead atoms. The lowest BCUT2D eigenvalue weighted by Crippen LogP contribution is -2.49. The summed E-state index contributed by atoms with van der Waals surface area (Å²) in [6.07, 6.45) is -7.56. The number of carbonyl (C=O) groups is 2. The van der Waals surface area contributed by atoms with Gasteiger partial charge < -0.3 is 19.5 Å². The van der Waals surface area contributed by atoms with Crippen molar-refractivity contribution in [3.63, 3.8) is 0 Å². The highest BCUT2D eigenvalue weighted by atomic mass is 35.5. The van der Waals surface area contributed by atoms with Crippen molar-refractivity contribution in [3.8, 4) is 0 Å². The minimum atomic E-state index is -5.08. The molecule has 9 nitrogen and oxygen atoms in total. The van der Waals surface area contributed by atoms with E-state index in [0.717, 1.165) is 10.3 Å². The first kappa shape index (κ1) is 30.3. The number of aromatic nitrogens is 4. The molecule has 17 heteroatoms. The second-order valence-corrected chi connectivity index (χ2v) is 9.97. The predicted octanol–water partition coefficient (Wildman–Crippen LogP) is 4.78. The van der Waals surface area contributed by atoms with Gasteiger partial charge in [0.1, 0.15) is 5.52 Å². The highest BCUT2D eigenvalue weighted by Crippen LogP contribution is 2.35. The Morgan fingerprint density at radius 1 is 1.05 bits per heavy atom. The third-order valence-corrected chi connectivity index (χ3v) is 7.20. The van der Waals surface area contributed by atoms with E-state index in [-0.39, 0.29) is 53.7 Å². The highest BCUT2D eigenvalue weighted by molar-refractivity contribution is 6.31. The van der Waals surface area contributed by atoms with Crippen LogP contribution < -0.4 is 4.90 Å². The highest BCUT2D eigenvalue weighted by Gasteiger charge is 2.41. The maximum atomic E-state index is 14.4. The lowest BCUT2D eigenvalue weighted by molar-refractivity contribution is -0.192. The minimum absolute atomic E-state index is 0.00385. The number of carbonyl (C=O) groups excluding carboxylic acids is 1. The van der Waals surface area contributed by atoms with Crippen LogP contribution in [0.4, 0.5) is 36.4 Å². The van der Waals surface area contributed by atoms with Crippen molar-refractivity contribution in [2.24, 2.45) is 11.8 Å². The smallest absolute Gasteiger partial charge is 0.475 e. The Bertz CT molecular complexity index is 1460. The Morgan fingerprint density at radius 2 is 1.73 bits per heavy atom. The molecule has 0 spiro atoms. The fourth-order valence-corrected chi connectivity index (χ4v) is 5.09. The average molecular weight is 611 g/mol. The number of nitrogens with zero attached hydrogens (tertiary/aromatic N) is 6. The second-order valence-electron chi connectivity index (χ2n) is 9.56. The molecule has 41 heavy (non-hydrogen) atoms. The van der Waals surface area contributed by atoms with Crippen LogP contribution in [0.15, 0.2) is 24.4 Å².